The van der Waals surface area contributed by atoms with Crippen molar-refractivity contribution in [2.24, 2.45) is 5.10 Å². The van der Waals surface area contributed by atoms with Crippen LogP contribution >= 0.6 is 23.2 Å². The Morgan fingerprint density at radius 2 is 1.50 bits per heavy atom. The van der Waals surface area contributed by atoms with Crippen molar-refractivity contribution in [1.29, 1.82) is 0 Å². The summed E-state index contributed by atoms with van der Waals surface area (Å²) in [6.45, 7) is 0.164. The van der Waals surface area contributed by atoms with Crippen LogP contribution in [0.1, 0.15) is 22.3 Å². The monoisotopic (exact) mass is 463 g/mol. The van der Waals surface area contributed by atoms with E-state index in [1.807, 2.05) is 48.5 Å². The van der Waals surface area contributed by atoms with Crippen molar-refractivity contribution in [3.8, 4) is 0 Å². The highest BCUT2D eigenvalue weighted by atomic mass is 35.5. The fourth-order valence-electron chi connectivity index (χ4n) is 3.44. The van der Waals surface area contributed by atoms with Crippen molar-refractivity contribution >= 4 is 62.8 Å². The van der Waals surface area contributed by atoms with Gasteiger partial charge in [0.15, 0.2) is 0 Å². The molecular formula is C25H19Cl2N3O2. The third-order valence-corrected chi connectivity index (χ3v) is 5.75. The van der Waals surface area contributed by atoms with E-state index in [0.29, 0.717) is 15.6 Å². The summed E-state index contributed by atoms with van der Waals surface area (Å²) in [5.74, 6) is -0.637. The third-order valence-electron chi connectivity index (χ3n) is 5.02. The number of carbonyl (C=O) groups excluding carboxylic acids is 2. The molecule has 160 valence electrons. The van der Waals surface area contributed by atoms with E-state index in [0.717, 1.165) is 27.1 Å². The Kier molecular flexibility index (Phi) is 6.69. The maximum absolute atomic E-state index is 12.2. The molecule has 2 amide bonds. The lowest BCUT2D eigenvalue weighted by Crippen LogP contribution is -2.29. The molecule has 4 rings (SSSR count). The largest absolute Gasteiger partial charge is 0.352 e. The number of rotatable bonds is 6. The zero-order valence-electron chi connectivity index (χ0n) is 16.9. The second-order valence-corrected chi connectivity index (χ2v) is 7.97. The van der Waals surface area contributed by atoms with Crippen LogP contribution in [0.25, 0.3) is 21.5 Å². The Bertz CT molecular complexity index is 1300. The highest BCUT2D eigenvalue weighted by molar-refractivity contribution is 6.42. The predicted octanol–water partition coefficient (Wildman–Crippen LogP) is 5.57. The summed E-state index contributed by atoms with van der Waals surface area (Å²) in [6, 6.07) is 22.8. The van der Waals surface area contributed by atoms with Crippen molar-refractivity contribution in [3.05, 3.63) is 94.0 Å². The number of amides is 2. The molecule has 4 aromatic carbocycles. The number of carbonyl (C=O) groups is 2. The average molecular weight is 464 g/mol. The molecule has 0 unspecified atom stereocenters. The minimum absolute atomic E-state index is 0.0840. The molecule has 0 aliphatic rings. The molecule has 0 radical (unpaired) electrons. The summed E-state index contributed by atoms with van der Waals surface area (Å²) >= 11 is 11.8. The van der Waals surface area contributed by atoms with Gasteiger partial charge < -0.3 is 5.32 Å². The first-order valence-electron chi connectivity index (χ1n) is 9.98. The summed E-state index contributed by atoms with van der Waals surface area (Å²) < 4.78 is 0. The number of hydrogen-bond donors (Lipinski definition) is 2. The molecule has 0 atom stereocenters. The average Bonchev–Trinajstić information content (AvgIpc) is 2.80. The number of nitrogens with one attached hydrogen (secondary N) is 2. The van der Waals surface area contributed by atoms with E-state index in [4.69, 9.17) is 23.2 Å². The maximum atomic E-state index is 12.2. The Morgan fingerprint density at radius 1 is 0.844 bits per heavy atom. The van der Waals surface area contributed by atoms with Gasteiger partial charge in [-0.1, -0.05) is 71.7 Å². The van der Waals surface area contributed by atoms with Crippen LogP contribution in [0.4, 0.5) is 0 Å². The van der Waals surface area contributed by atoms with E-state index < -0.39 is 0 Å². The molecule has 5 nitrogen and oxygen atoms in total. The third kappa shape index (κ3) is 4.90. The van der Waals surface area contributed by atoms with E-state index >= 15 is 0 Å². The zero-order valence-corrected chi connectivity index (χ0v) is 18.5. The Hall–Kier alpha value is -3.41. The summed E-state index contributed by atoms with van der Waals surface area (Å²) in [6.07, 6.45) is 1.75. The molecule has 0 saturated carbocycles. The predicted molar refractivity (Wildman–Crippen MR) is 131 cm³/mol. The lowest BCUT2D eigenvalue weighted by molar-refractivity contribution is -0.120. The maximum Gasteiger partial charge on any atom is 0.251 e. The van der Waals surface area contributed by atoms with Crippen LogP contribution < -0.4 is 10.7 Å². The highest BCUT2D eigenvalue weighted by Crippen LogP contribution is 2.27. The van der Waals surface area contributed by atoms with Gasteiger partial charge in [-0.25, -0.2) is 5.43 Å². The first kappa shape index (κ1) is 21.8. The summed E-state index contributed by atoms with van der Waals surface area (Å²) in [5.41, 5.74) is 3.84. The van der Waals surface area contributed by atoms with E-state index in [1.54, 1.807) is 18.3 Å². The van der Waals surface area contributed by atoms with Gasteiger partial charge in [0.1, 0.15) is 0 Å². The van der Waals surface area contributed by atoms with Crippen molar-refractivity contribution in [2.75, 3.05) is 6.54 Å². The second-order valence-electron chi connectivity index (χ2n) is 7.16. The molecule has 0 bridgehead atoms. The Balaban J connectivity index is 1.39. The van der Waals surface area contributed by atoms with Crippen molar-refractivity contribution in [1.82, 2.24) is 10.7 Å². The normalized spacial score (nSPS) is 11.2. The molecule has 2 N–H and O–H groups in total. The molecule has 0 heterocycles. The fraction of sp³-hybridized carbons (Fsp3) is 0.0800. The van der Waals surface area contributed by atoms with Gasteiger partial charge in [-0.05, 0) is 45.8 Å². The minimum atomic E-state index is -0.331. The smallest absolute Gasteiger partial charge is 0.251 e. The van der Waals surface area contributed by atoms with Crippen LogP contribution in [0.2, 0.25) is 10.0 Å². The topological polar surface area (TPSA) is 70.6 Å². The fourth-order valence-corrected chi connectivity index (χ4v) is 3.74. The van der Waals surface area contributed by atoms with Crippen LogP contribution in [0.5, 0.6) is 0 Å². The van der Waals surface area contributed by atoms with E-state index in [2.05, 4.69) is 21.9 Å². The van der Waals surface area contributed by atoms with Gasteiger partial charge in [0.05, 0.1) is 16.3 Å². The zero-order chi connectivity index (χ0) is 22.5. The Labute approximate surface area is 195 Å². The molecule has 0 aliphatic heterocycles. The van der Waals surface area contributed by atoms with Gasteiger partial charge in [-0.15, -0.1) is 0 Å². The molecule has 4 aromatic rings. The molecule has 32 heavy (non-hydrogen) atoms. The number of benzene rings is 4. The molecule has 7 heteroatoms. The first-order chi connectivity index (χ1) is 15.5. The second kappa shape index (κ2) is 9.81. The summed E-state index contributed by atoms with van der Waals surface area (Å²) in [4.78, 5) is 24.3. The van der Waals surface area contributed by atoms with E-state index in [9.17, 15) is 9.59 Å². The summed E-state index contributed by atoms with van der Waals surface area (Å²) in [7, 11) is 0. The molecule has 0 aliphatic carbocycles. The standard InChI is InChI=1S/C25H19Cl2N3O2/c26-22-10-9-18(14-23(22)27)25(32)28-12-11-24(31)30-29-15-21-19-7-3-1-5-16(19)13-17-6-2-4-8-20(17)21/h1-10,13-15H,11-12H2,(H,28,32)(H,30,31). The van der Waals surface area contributed by atoms with E-state index in [-0.39, 0.29) is 24.8 Å². The molecule has 0 fully saturated rings. The lowest BCUT2D eigenvalue weighted by Gasteiger charge is -2.08. The van der Waals surface area contributed by atoms with Gasteiger partial charge in [0, 0.05) is 24.1 Å². The van der Waals surface area contributed by atoms with Crippen LogP contribution in [0.15, 0.2) is 77.9 Å². The van der Waals surface area contributed by atoms with Crippen molar-refractivity contribution in [2.45, 2.75) is 6.42 Å². The van der Waals surface area contributed by atoms with E-state index in [1.165, 1.54) is 6.07 Å². The number of nitrogens with zero attached hydrogens (tertiary/aromatic N) is 1. The summed E-state index contributed by atoms with van der Waals surface area (Å²) in [5, 5.41) is 11.8. The first-order valence-corrected chi connectivity index (χ1v) is 10.7. The van der Waals surface area contributed by atoms with Crippen molar-refractivity contribution in [3.63, 3.8) is 0 Å². The van der Waals surface area contributed by atoms with Gasteiger partial charge in [-0.3, -0.25) is 9.59 Å². The van der Waals surface area contributed by atoms with Gasteiger partial charge in [0.2, 0.25) is 5.91 Å². The molecule has 0 saturated heterocycles. The van der Waals surface area contributed by atoms with Crippen LogP contribution in [0.3, 0.4) is 0 Å². The van der Waals surface area contributed by atoms with Gasteiger partial charge in [0.25, 0.3) is 5.91 Å². The minimum Gasteiger partial charge on any atom is -0.352 e. The number of halogens is 2. The number of hydrazone groups is 1. The molecule has 0 aromatic heterocycles. The SMILES string of the molecule is O=C(CCNC(=O)c1ccc(Cl)c(Cl)c1)NN=Cc1c2ccccc2cc2ccccc12. The van der Waals surface area contributed by atoms with Gasteiger partial charge >= 0.3 is 0 Å². The number of hydrogen-bond acceptors (Lipinski definition) is 3. The van der Waals surface area contributed by atoms with Crippen molar-refractivity contribution < 1.29 is 9.59 Å². The lowest BCUT2D eigenvalue weighted by atomic mass is 9.97. The Morgan fingerprint density at radius 3 is 2.16 bits per heavy atom. The molecular weight excluding hydrogens is 445 g/mol. The quantitative estimate of drug-likeness (QED) is 0.223. The van der Waals surface area contributed by atoms with Crippen LogP contribution in [0, 0.1) is 0 Å². The van der Waals surface area contributed by atoms with Crippen LogP contribution in [-0.2, 0) is 4.79 Å². The van der Waals surface area contributed by atoms with Crippen LogP contribution in [-0.4, -0.2) is 24.6 Å². The molecule has 0 spiro atoms. The number of fused-ring (bicyclic) bond motifs is 2. The highest BCUT2D eigenvalue weighted by Gasteiger charge is 2.09. The van der Waals surface area contributed by atoms with Gasteiger partial charge in [-0.2, -0.15) is 5.10 Å².